The van der Waals surface area contributed by atoms with Gasteiger partial charge in [0, 0.05) is 6.42 Å². The van der Waals surface area contributed by atoms with Crippen molar-refractivity contribution in [1.29, 1.82) is 0 Å². The highest BCUT2D eigenvalue weighted by molar-refractivity contribution is 8.02. The molecule has 0 N–H and O–H groups in total. The second kappa shape index (κ2) is 3.71. The van der Waals surface area contributed by atoms with E-state index >= 15 is 0 Å². The van der Waals surface area contributed by atoms with Crippen molar-refractivity contribution in [3.63, 3.8) is 0 Å². The van der Waals surface area contributed by atoms with Crippen LogP contribution >= 0.6 is 11.8 Å². The Bertz CT molecular complexity index is 142. The molecular weight excluding hydrogens is 144 g/mol. The largest absolute Gasteiger partial charge is 0.487 e. The Morgan fingerprint density at radius 3 is 3.20 bits per heavy atom. The fraction of sp³-hybridized carbons (Fsp3) is 0.500. The summed E-state index contributed by atoms with van der Waals surface area (Å²) in [7, 11) is 0. The zero-order valence-corrected chi connectivity index (χ0v) is 6.93. The lowest BCUT2D eigenvalue weighted by Gasteiger charge is -2.20. The Kier molecular flexibility index (Phi) is 2.87. The summed E-state index contributed by atoms with van der Waals surface area (Å²) in [5.74, 6) is 0.645. The van der Waals surface area contributed by atoms with Gasteiger partial charge in [0.2, 0.25) is 0 Å². The lowest BCUT2D eigenvalue weighted by atomic mass is 10.1. The molecule has 0 fully saturated rings. The van der Waals surface area contributed by atoms with E-state index in [0.717, 1.165) is 6.42 Å². The summed E-state index contributed by atoms with van der Waals surface area (Å²) in [5.41, 5.74) is 0.289. The second-order valence-corrected chi connectivity index (χ2v) is 3.54. The van der Waals surface area contributed by atoms with E-state index in [1.54, 1.807) is 18.0 Å². The molecule has 0 aromatic rings. The fourth-order valence-corrected chi connectivity index (χ4v) is 1.66. The molecule has 0 aliphatic carbocycles. The van der Waals surface area contributed by atoms with Gasteiger partial charge in [-0.25, -0.2) is 0 Å². The van der Waals surface area contributed by atoms with Crippen molar-refractivity contribution in [2.45, 2.75) is 18.8 Å². The summed E-state index contributed by atoms with van der Waals surface area (Å²) in [6.07, 6.45) is 4.96. The highest BCUT2D eigenvalue weighted by Gasteiger charge is 2.14. The molecule has 0 radical (unpaired) electrons. The highest BCUT2D eigenvalue weighted by atomic mass is 32.2. The van der Waals surface area contributed by atoms with Gasteiger partial charge in [-0.2, -0.15) is 0 Å². The molecule has 2 atom stereocenters. The molecule has 0 amide bonds. The van der Waals surface area contributed by atoms with E-state index in [1.165, 1.54) is 0 Å². The van der Waals surface area contributed by atoms with Crippen LogP contribution in [0.1, 0.15) is 13.3 Å². The maximum atomic E-state index is 5.30. The van der Waals surface area contributed by atoms with Crippen molar-refractivity contribution in [3.05, 3.63) is 24.3 Å². The van der Waals surface area contributed by atoms with Gasteiger partial charge in [0.15, 0.2) is 0 Å². The molecular formula is C8H12OS. The van der Waals surface area contributed by atoms with Gasteiger partial charge < -0.3 is 4.74 Å². The minimum atomic E-state index is 0.289. The maximum absolute atomic E-state index is 5.30. The predicted octanol–water partition coefficient (Wildman–Crippen LogP) is 2.76. The average Bonchev–Trinajstić information content (AvgIpc) is 1.88. The molecule has 0 bridgehead atoms. The molecule has 0 aromatic heterocycles. The molecule has 2 heteroatoms. The predicted molar refractivity (Wildman–Crippen MR) is 45.6 cm³/mol. The Morgan fingerprint density at radius 2 is 2.60 bits per heavy atom. The van der Waals surface area contributed by atoms with Crippen LogP contribution in [0.15, 0.2) is 24.3 Å². The van der Waals surface area contributed by atoms with Crippen LogP contribution in [0.3, 0.4) is 0 Å². The molecule has 56 valence electrons. The minimum absolute atomic E-state index is 0.289. The van der Waals surface area contributed by atoms with Crippen LogP contribution < -0.4 is 0 Å². The molecule has 1 aliphatic heterocycles. The first-order chi connectivity index (χ1) is 4.83. The van der Waals surface area contributed by atoms with Gasteiger partial charge in [0.05, 0.1) is 6.26 Å². The Balaban J connectivity index is 2.36. The van der Waals surface area contributed by atoms with Gasteiger partial charge in [0.25, 0.3) is 0 Å². The third-order valence-electron chi connectivity index (χ3n) is 1.45. The first-order valence-electron chi connectivity index (χ1n) is 3.41. The highest BCUT2D eigenvalue weighted by Crippen LogP contribution is 2.25. The summed E-state index contributed by atoms with van der Waals surface area (Å²) in [6, 6.07) is 0. The normalized spacial score (nSPS) is 31.3. The van der Waals surface area contributed by atoms with E-state index in [2.05, 4.69) is 19.6 Å². The van der Waals surface area contributed by atoms with Gasteiger partial charge in [-0.15, -0.1) is 0 Å². The molecule has 0 spiro atoms. The topological polar surface area (TPSA) is 9.23 Å². The van der Waals surface area contributed by atoms with Crippen molar-refractivity contribution < 1.29 is 4.74 Å². The van der Waals surface area contributed by atoms with Gasteiger partial charge in [-0.1, -0.05) is 25.3 Å². The van der Waals surface area contributed by atoms with Gasteiger partial charge >= 0.3 is 0 Å². The lowest BCUT2D eigenvalue weighted by Crippen LogP contribution is -2.12. The van der Waals surface area contributed by atoms with E-state index in [-0.39, 0.29) is 5.44 Å². The van der Waals surface area contributed by atoms with Crippen LogP contribution in [0.5, 0.6) is 0 Å². The third kappa shape index (κ3) is 2.10. The maximum Gasteiger partial charge on any atom is 0.147 e. The summed E-state index contributed by atoms with van der Waals surface area (Å²) in [4.78, 5) is 0. The zero-order valence-electron chi connectivity index (χ0n) is 6.12. The number of ether oxygens (including phenoxy) is 1. The van der Waals surface area contributed by atoms with Crippen LogP contribution in [0.25, 0.3) is 0 Å². The Labute approximate surface area is 66.1 Å². The number of hydrogen-bond donors (Lipinski definition) is 0. The molecule has 0 aromatic carbocycles. The van der Waals surface area contributed by atoms with Crippen LogP contribution in [-0.2, 0) is 4.74 Å². The van der Waals surface area contributed by atoms with Gasteiger partial charge in [-0.05, 0) is 17.4 Å². The number of hydrogen-bond acceptors (Lipinski definition) is 2. The molecule has 1 heterocycles. The monoisotopic (exact) mass is 156 g/mol. The third-order valence-corrected chi connectivity index (χ3v) is 2.25. The summed E-state index contributed by atoms with van der Waals surface area (Å²) in [5, 5.41) is 1.83. The average molecular weight is 156 g/mol. The minimum Gasteiger partial charge on any atom is -0.487 e. The first kappa shape index (κ1) is 7.73. The summed E-state index contributed by atoms with van der Waals surface area (Å²) >= 11 is 1.65. The van der Waals surface area contributed by atoms with Gasteiger partial charge in [0.1, 0.15) is 5.44 Å². The van der Waals surface area contributed by atoms with Crippen LogP contribution in [0.2, 0.25) is 0 Å². The quantitative estimate of drug-likeness (QED) is 0.608. The molecule has 0 saturated carbocycles. The summed E-state index contributed by atoms with van der Waals surface area (Å²) < 4.78 is 5.30. The molecule has 1 rings (SSSR count). The van der Waals surface area contributed by atoms with E-state index in [9.17, 15) is 0 Å². The van der Waals surface area contributed by atoms with E-state index < -0.39 is 0 Å². The van der Waals surface area contributed by atoms with Crippen LogP contribution in [0, 0.1) is 5.92 Å². The van der Waals surface area contributed by atoms with Crippen LogP contribution in [-0.4, -0.2) is 5.44 Å². The number of thioether (sulfide) groups is 1. The SMILES string of the molecule is C=CSC1CC(C)C=CO1. The van der Waals surface area contributed by atoms with E-state index in [4.69, 9.17) is 4.74 Å². The molecule has 2 unspecified atom stereocenters. The smallest absolute Gasteiger partial charge is 0.147 e. The Morgan fingerprint density at radius 1 is 1.80 bits per heavy atom. The standard InChI is InChI=1S/C8H12OS/c1-3-10-8-6-7(2)4-5-9-8/h3-5,7-8H,1,6H2,2H3. The molecule has 10 heavy (non-hydrogen) atoms. The van der Waals surface area contributed by atoms with E-state index in [0.29, 0.717) is 5.92 Å². The zero-order chi connectivity index (χ0) is 7.40. The summed E-state index contributed by atoms with van der Waals surface area (Å²) in [6.45, 7) is 5.83. The molecule has 1 aliphatic rings. The Hall–Kier alpha value is -0.370. The van der Waals surface area contributed by atoms with Crippen molar-refractivity contribution in [2.24, 2.45) is 5.92 Å². The first-order valence-corrected chi connectivity index (χ1v) is 4.35. The van der Waals surface area contributed by atoms with Crippen LogP contribution in [0.4, 0.5) is 0 Å². The fourth-order valence-electron chi connectivity index (χ4n) is 0.900. The second-order valence-electron chi connectivity index (χ2n) is 2.41. The number of rotatable bonds is 2. The lowest BCUT2D eigenvalue weighted by molar-refractivity contribution is 0.183. The van der Waals surface area contributed by atoms with Crippen molar-refractivity contribution >= 4 is 11.8 Å². The molecule has 0 saturated heterocycles. The van der Waals surface area contributed by atoms with Crippen molar-refractivity contribution in [2.75, 3.05) is 0 Å². The number of allylic oxidation sites excluding steroid dienone is 1. The van der Waals surface area contributed by atoms with E-state index in [1.807, 2.05) is 5.41 Å². The van der Waals surface area contributed by atoms with Crippen molar-refractivity contribution in [1.82, 2.24) is 0 Å². The van der Waals surface area contributed by atoms with Crippen molar-refractivity contribution in [3.8, 4) is 0 Å². The van der Waals surface area contributed by atoms with Gasteiger partial charge in [-0.3, -0.25) is 0 Å². The molecule has 1 nitrogen and oxygen atoms in total.